The lowest BCUT2D eigenvalue weighted by atomic mass is 10.1. The maximum Gasteiger partial charge on any atom is 0.123 e. The van der Waals surface area contributed by atoms with Gasteiger partial charge < -0.3 is 9.90 Å². The second kappa shape index (κ2) is 3.41. The maximum atomic E-state index is 9.76. The zero-order valence-electron chi connectivity index (χ0n) is 5.79. The molecule has 52 valence electrons. The lowest BCUT2D eigenvalue weighted by Gasteiger charge is -2.08. The molecule has 0 spiro atoms. The fourth-order valence-corrected chi connectivity index (χ4v) is 0.412. The molecule has 0 saturated heterocycles. The van der Waals surface area contributed by atoms with Crippen LogP contribution < -0.4 is 0 Å². The molecule has 0 aliphatic rings. The van der Waals surface area contributed by atoms with Crippen LogP contribution in [0.25, 0.3) is 0 Å². The van der Waals surface area contributed by atoms with Crippen LogP contribution in [0.2, 0.25) is 0 Å². The molecule has 0 saturated carbocycles. The molecule has 0 rings (SSSR count). The van der Waals surface area contributed by atoms with Gasteiger partial charge in [0.05, 0.1) is 5.60 Å². The van der Waals surface area contributed by atoms with Crippen LogP contribution in [0.4, 0.5) is 0 Å². The van der Waals surface area contributed by atoms with Gasteiger partial charge in [0, 0.05) is 6.42 Å². The van der Waals surface area contributed by atoms with Crippen molar-refractivity contribution >= 4 is 6.29 Å². The highest BCUT2D eigenvalue weighted by atomic mass is 16.3. The second-order valence-electron chi connectivity index (χ2n) is 2.46. The van der Waals surface area contributed by atoms with Crippen molar-refractivity contribution in [2.75, 3.05) is 0 Å². The topological polar surface area (TPSA) is 37.3 Å². The molecule has 0 fully saturated rings. The highest BCUT2D eigenvalue weighted by Crippen LogP contribution is 2.01. The van der Waals surface area contributed by atoms with Gasteiger partial charge in [0.15, 0.2) is 0 Å². The van der Waals surface area contributed by atoms with E-state index in [0.29, 0.717) is 6.42 Å². The molecule has 9 heavy (non-hydrogen) atoms. The summed E-state index contributed by atoms with van der Waals surface area (Å²) in [6.45, 7) is 3.32. The Morgan fingerprint density at radius 3 is 2.44 bits per heavy atom. The molecule has 0 aromatic rings. The minimum Gasteiger partial charge on any atom is -0.386 e. The third kappa shape index (κ3) is 7.37. The molecule has 0 aromatic carbocycles. The van der Waals surface area contributed by atoms with Gasteiger partial charge in [-0.05, 0) is 13.8 Å². The van der Waals surface area contributed by atoms with E-state index < -0.39 is 5.60 Å². The number of aliphatic hydroxyl groups is 1. The van der Waals surface area contributed by atoms with Crippen molar-refractivity contribution in [3.05, 3.63) is 12.2 Å². The molecule has 0 aromatic heterocycles. The Labute approximate surface area is 55.2 Å². The molecular formula is C7H12O2. The molecule has 0 atom stereocenters. The molecule has 0 heterocycles. The Hall–Kier alpha value is -0.630. The van der Waals surface area contributed by atoms with Crippen LogP contribution in [0.5, 0.6) is 0 Å². The summed E-state index contributed by atoms with van der Waals surface area (Å²) in [7, 11) is 0. The number of hydrogen-bond donors (Lipinski definition) is 1. The van der Waals surface area contributed by atoms with Crippen LogP contribution in [0.1, 0.15) is 20.3 Å². The zero-order valence-corrected chi connectivity index (χ0v) is 5.79. The number of aldehydes is 1. The van der Waals surface area contributed by atoms with E-state index in [9.17, 15) is 4.79 Å². The van der Waals surface area contributed by atoms with Gasteiger partial charge in [-0.25, -0.2) is 0 Å². The first-order chi connectivity index (χ1) is 4.06. The minimum atomic E-state index is -0.789. The fraction of sp³-hybridized carbons (Fsp3) is 0.571. The highest BCUT2D eigenvalue weighted by molar-refractivity contribution is 5.51. The number of rotatable bonds is 3. The normalized spacial score (nSPS) is 12.3. The van der Waals surface area contributed by atoms with Crippen molar-refractivity contribution in [2.45, 2.75) is 25.9 Å². The third-order valence-electron chi connectivity index (χ3n) is 0.758. The molecule has 2 heteroatoms. The number of allylic oxidation sites excluding steroid dienone is 1. The quantitative estimate of drug-likeness (QED) is 0.453. The SMILES string of the molecule is CC(C)(O)/C=C/CC=O. The van der Waals surface area contributed by atoms with Crippen LogP contribution in [0.15, 0.2) is 12.2 Å². The number of hydrogen-bond acceptors (Lipinski definition) is 2. The van der Waals surface area contributed by atoms with E-state index in [4.69, 9.17) is 5.11 Å². The summed E-state index contributed by atoms with van der Waals surface area (Å²) in [5, 5.41) is 9.04. The monoisotopic (exact) mass is 128 g/mol. The van der Waals surface area contributed by atoms with E-state index in [-0.39, 0.29) is 0 Å². The van der Waals surface area contributed by atoms with E-state index in [1.807, 2.05) is 0 Å². The van der Waals surface area contributed by atoms with Crippen LogP contribution in [0, 0.1) is 0 Å². The standard InChI is InChI=1S/C7H12O2/c1-7(2,9)5-3-4-6-8/h3,5-6,9H,4H2,1-2H3/b5-3+. The summed E-state index contributed by atoms with van der Waals surface area (Å²) in [5.41, 5.74) is -0.789. The Morgan fingerprint density at radius 2 is 2.11 bits per heavy atom. The summed E-state index contributed by atoms with van der Waals surface area (Å²) >= 11 is 0. The van der Waals surface area contributed by atoms with Crippen molar-refractivity contribution in [1.82, 2.24) is 0 Å². The summed E-state index contributed by atoms with van der Waals surface area (Å²) in [5.74, 6) is 0. The van der Waals surface area contributed by atoms with Gasteiger partial charge >= 0.3 is 0 Å². The van der Waals surface area contributed by atoms with Gasteiger partial charge in [-0.1, -0.05) is 12.2 Å². The predicted molar refractivity (Wildman–Crippen MR) is 36.1 cm³/mol. The summed E-state index contributed by atoms with van der Waals surface area (Å²) in [6.07, 6.45) is 4.42. The highest BCUT2D eigenvalue weighted by Gasteiger charge is 2.04. The van der Waals surface area contributed by atoms with E-state index in [1.54, 1.807) is 26.0 Å². The molecular weight excluding hydrogens is 116 g/mol. The van der Waals surface area contributed by atoms with Crippen LogP contribution in [0.3, 0.4) is 0 Å². The van der Waals surface area contributed by atoms with E-state index in [2.05, 4.69) is 0 Å². The smallest absolute Gasteiger partial charge is 0.123 e. The molecule has 2 nitrogen and oxygen atoms in total. The van der Waals surface area contributed by atoms with E-state index >= 15 is 0 Å². The van der Waals surface area contributed by atoms with E-state index in [1.165, 1.54) is 0 Å². The van der Waals surface area contributed by atoms with Gasteiger partial charge in [-0.2, -0.15) is 0 Å². The Kier molecular flexibility index (Phi) is 3.17. The van der Waals surface area contributed by atoms with Gasteiger partial charge in [0.25, 0.3) is 0 Å². The second-order valence-corrected chi connectivity index (χ2v) is 2.46. The molecule has 0 bridgehead atoms. The first-order valence-corrected chi connectivity index (χ1v) is 2.90. The van der Waals surface area contributed by atoms with Gasteiger partial charge in [0.2, 0.25) is 0 Å². The molecule has 1 N–H and O–H groups in total. The molecule has 0 aliphatic heterocycles. The van der Waals surface area contributed by atoms with Crippen molar-refractivity contribution < 1.29 is 9.90 Å². The third-order valence-corrected chi connectivity index (χ3v) is 0.758. The average molecular weight is 128 g/mol. The Bertz CT molecular complexity index is 109. The molecule has 0 radical (unpaired) electrons. The van der Waals surface area contributed by atoms with Crippen molar-refractivity contribution in [3.8, 4) is 0 Å². The Balaban J connectivity index is 3.57. The molecule has 0 unspecified atom stereocenters. The van der Waals surface area contributed by atoms with Crippen LogP contribution in [-0.2, 0) is 4.79 Å². The van der Waals surface area contributed by atoms with Crippen molar-refractivity contribution in [3.63, 3.8) is 0 Å². The summed E-state index contributed by atoms with van der Waals surface area (Å²) < 4.78 is 0. The summed E-state index contributed by atoms with van der Waals surface area (Å²) in [4.78, 5) is 9.76. The Morgan fingerprint density at radius 1 is 1.56 bits per heavy atom. The van der Waals surface area contributed by atoms with Crippen molar-refractivity contribution in [2.24, 2.45) is 0 Å². The average Bonchev–Trinajstić information content (AvgIpc) is 1.63. The zero-order chi connectivity index (χ0) is 7.33. The van der Waals surface area contributed by atoms with E-state index in [0.717, 1.165) is 6.29 Å². The summed E-state index contributed by atoms with van der Waals surface area (Å²) in [6, 6.07) is 0. The predicted octanol–water partition coefficient (Wildman–Crippen LogP) is 0.902. The molecule has 0 amide bonds. The van der Waals surface area contributed by atoms with Crippen LogP contribution in [-0.4, -0.2) is 17.0 Å². The number of carbonyl (C=O) groups is 1. The number of carbonyl (C=O) groups excluding carboxylic acids is 1. The molecule has 0 aliphatic carbocycles. The van der Waals surface area contributed by atoms with Gasteiger partial charge in [-0.3, -0.25) is 0 Å². The van der Waals surface area contributed by atoms with Crippen LogP contribution >= 0.6 is 0 Å². The largest absolute Gasteiger partial charge is 0.386 e. The van der Waals surface area contributed by atoms with Gasteiger partial charge in [0.1, 0.15) is 6.29 Å². The first kappa shape index (κ1) is 8.37. The maximum absolute atomic E-state index is 9.76. The lowest BCUT2D eigenvalue weighted by molar-refractivity contribution is -0.107. The van der Waals surface area contributed by atoms with Crippen molar-refractivity contribution in [1.29, 1.82) is 0 Å². The fourth-order valence-electron chi connectivity index (χ4n) is 0.412. The first-order valence-electron chi connectivity index (χ1n) is 2.90. The minimum absolute atomic E-state index is 0.379. The van der Waals surface area contributed by atoms with Gasteiger partial charge in [-0.15, -0.1) is 0 Å². The lowest BCUT2D eigenvalue weighted by Crippen LogP contribution is -2.13.